The van der Waals surface area contributed by atoms with Crippen LogP contribution >= 0.6 is 11.3 Å². The molecule has 1 aromatic rings. The normalized spacial score (nSPS) is 17.4. The number of nitrogens with two attached hydrogens (primary N) is 2. The van der Waals surface area contributed by atoms with Crippen LogP contribution in [-0.2, 0) is 19.5 Å². The van der Waals surface area contributed by atoms with Gasteiger partial charge >= 0.3 is 0 Å². The molecule has 0 unspecified atom stereocenters. The highest BCUT2D eigenvalue weighted by Crippen LogP contribution is 2.34. The van der Waals surface area contributed by atoms with Crippen LogP contribution in [0, 0.1) is 0 Å². The summed E-state index contributed by atoms with van der Waals surface area (Å²) >= 11 is 1.70. The topological polar surface area (TPSA) is 55.3 Å². The molecule has 0 aromatic carbocycles. The summed E-state index contributed by atoms with van der Waals surface area (Å²) in [5.74, 6) is 0. The van der Waals surface area contributed by atoms with E-state index in [1.807, 2.05) is 0 Å². The zero-order chi connectivity index (χ0) is 9.42. The Balaban J connectivity index is 2.41. The van der Waals surface area contributed by atoms with Gasteiger partial charge in [0.15, 0.2) is 0 Å². The van der Waals surface area contributed by atoms with Gasteiger partial charge in [-0.2, -0.15) is 0 Å². The number of likely N-dealkylation sites (N-methyl/N-ethyl adjacent to an activating group) is 1. The van der Waals surface area contributed by atoms with E-state index >= 15 is 0 Å². The number of thiophene rings is 1. The molecule has 4 N–H and O–H groups in total. The average molecular weight is 197 g/mol. The molecule has 1 aromatic heterocycles. The van der Waals surface area contributed by atoms with Gasteiger partial charge in [0.2, 0.25) is 0 Å². The minimum Gasteiger partial charge on any atom is -0.390 e. The number of anilines is 1. The molecule has 0 amide bonds. The molecular weight excluding hydrogens is 182 g/mol. The van der Waals surface area contributed by atoms with Crippen molar-refractivity contribution < 1.29 is 0 Å². The molecule has 0 bridgehead atoms. The molecule has 0 saturated carbocycles. The number of fused-ring (bicyclic) bond motifs is 1. The third kappa shape index (κ3) is 1.45. The Kier molecular flexibility index (Phi) is 2.27. The number of hydrogen-bond donors (Lipinski definition) is 2. The summed E-state index contributed by atoms with van der Waals surface area (Å²) in [6.45, 7) is 2.74. The van der Waals surface area contributed by atoms with Gasteiger partial charge in [-0.05, 0) is 19.0 Å². The first-order valence-electron chi connectivity index (χ1n) is 4.50. The van der Waals surface area contributed by atoms with E-state index in [1.165, 1.54) is 16.0 Å². The number of hydrogen-bond acceptors (Lipinski definition) is 4. The second-order valence-electron chi connectivity index (χ2n) is 3.54. The van der Waals surface area contributed by atoms with Crippen molar-refractivity contribution in [1.29, 1.82) is 0 Å². The lowest BCUT2D eigenvalue weighted by Gasteiger charge is -2.22. The van der Waals surface area contributed by atoms with Crippen molar-refractivity contribution in [2.75, 3.05) is 19.3 Å². The Morgan fingerprint density at radius 1 is 1.54 bits per heavy atom. The van der Waals surface area contributed by atoms with Gasteiger partial charge in [-0.3, -0.25) is 0 Å². The van der Waals surface area contributed by atoms with Gasteiger partial charge in [-0.1, -0.05) is 0 Å². The summed E-state index contributed by atoms with van der Waals surface area (Å²) < 4.78 is 0. The Bertz CT molecular complexity index is 319. The first-order chi connectivity index (χ1) is 6.22. The van der Waals surface area contributed by atoms with Crippen molar-refractivity contribution >= 4 is 16.3 Å². The van der Waals surface area contributed by atoms with Crippen LogP contribution in [0.1, 0.15) is 16.0 Å². The van der Waals surface area contributed by atoms with Crippen molar-refractivity contribution in [2.45, 2.75) is 19.5 Å². The second-order valence-corrected chi connectivity index (χ2v) is 4.68. The molecule has 4 heteroatoms. The van der Waals surface area contributed by atoms with Crippen LogP contribution in [0.3, 0.4) is 0 Å². The molecule has 3 nitrogen and oxygen atoms in total. The SMILES string of the molecule is CN1CCc2c(sc(N)c2CN)C1. The maximum Gasteiger partial charge on any atom is 0.0908 e. The third-order valence-electron chi connectivity index (χ3n) is 2.59. The zero-order valence-corrected chi connectivity index (χ0v) is 8.66. The molecule has 72 valence electrons. The molecule has 0 atom stereocenters. The Morgan fingerprint density at radius 2 is 2.31 bits per heavy atom. The fourth-order valence-electron chi connectivity index (χ4n) is 1.84. The van der Waals surface area contributed by atoms with Gasteiger partial charge in [0.05, 0.1) is 5.00 Å². The largest absolute Gasteiger partial charge is 0.390 e. The first kappa shape index (κ1) is 8.99. The fourth-order valence-corrected chi connectivity index (χ4v) is 3.07. The molecule has 0 fully saturated rings. The smallest absolute Gasteiger partial charge is 0.0908 e. The van der Waals surface area contributed by atoms with Crippen molar-refractivity contribution in [1.82, 2.24) is 4.90 Å². The molecule has 0 radical (unpaired) electrons. The summed E-state index contributed by atoms with van der Waals surface area (Å²) in [5.41, 5.74) is 14.2. The number of nitrogens with zero attached hydrogens (tertiary/aromatic N) is 1. The maximum absolute atomic E-state index is 5.90. The Morgan fingerprint density at radius 3 is 3.00 bits per heavy atom. The predicted octanol–water partition coefficient (Wildman–Crippen LogP) is 0.777. The van der Waals surface area contributed by atoms with Crippen LogP contribution in [0.5, 0.6) is 0 Å². The lowest BCUT2D eigenvalue weighted by molar-refractivity contribution is 0.316. The van der Waals surface area contributed by atoms with Crippen LogP contribution in [0.2, 0.25) is 0 Å². The highest BCUT2D eigenvalue weighted by atomic mass is 32.1. The Hall–Kier alpha value is -0.580. The van der Waals surface area contributed by atoms with E-state index in [1.54, 1.807) is 11.3 Å². The van der Waals surface area contributed by atoms with Crippen LogP contribution in [-0.4, -0.2) is 18.5 Å². The van der Waals surface area contributed by atoms with Gasteiger partial charge in [0.25, 0.3) is 0 Å². The van der Waals surface area contributed by atoms with Crippen molar-refractivity contribution in [3.8, 4) is 0 Å². The highest BCUT2D eigenvalue weighted by Gasteiger charge is 2.20. The second kappa shape index (κ2) is 3.29. The van der Waals surface area contributed by atoms with E-state index in [9.17, 15) is 0 Å². The molecule has 1 aliphatic heterocycles. The molecule has 0 spiro atoms. The summed E-state index contributed by atoms with van der Waals surface area (Å²) in [6, 6.07) is 0. The van der Waals surface area contributed by atoms with Crippen LogP contribution < -0.4 is 11.5 Å². The third-order valence-corrected chi connectivity index (χ3v) is 3.68. The van der Waals surface area contributed by atoms with Crippen molar-refractivity contribution in [3.63, 3.8) is 0 Å². The summed E-state index contributed by atoms with van der Waals surface area (Å²) in [5, 5.41) is 0.919. The molecule has 0 saturated heterocycles. The van der Waals surface area contributed by atoms with E-state index in [0.29, 0.717) is 6.54 Å². The van der Waals surface area contributed by atoms with Crippen molar-refractivity contribution in [3.05, 3.63) is 16.0 Å². The predicted molar refractivity (Wildman–Crippen MR) is 56.7 cm³/mol. The fraction of sp³-hybridized carbons (Fsp3) is 0.556. The van der Waals surface area contributed by atoms with Crippen LogP contribution in [0.15, 0.2) is 0 Å². The minimum absolute atomic E-state index is 0.585. The number of nitrogen functional groups attached to an aromatic ring is 1. The standard InChI is InChI=1S/C9H15N3S/c1-12-3-2-6-7(4-10)9(11)13-8(6)5-12/h2-5,10-11H2,1H3. The monoisotopic (exact) mass is 197 g/mol. The Labute approximate surface area is 82.3 Å². The molecular formula is C9H15N3S. The summed E-state index contributed by atoms with van der Waals surface area (Å²) in [6.07, 6.45) is 1.10. The maximum atomic E-state index is 5.90. The molecule has 2 rings (SSSR count). The summed E-state index contributed by atoms with van der Waals surface area (Å²) in [7, 11) is 2.14. The minimum atomic E-state index is 0.585. The van der Waals surface area contributed by atoms with Gasteiger partial charge in [-0.15, -0.1) is 11.3 Å². The highest BCUT2D eigenvalue weighted by molar-refractivity contribution is 7.16. The van der Waals surface area contributed by atoms with Gasteiger partial charge < -0.3 is 16.4 Å². The van der Waals surface area contributed by atoms with E-state index in [2.05, 4.69) is 11.9 Å². The van der Waals surface area contributed by atoms with E-state index in [-0.39, 0.29) is 0 Å². The molecule has 2 heterocycles. The van der Waals surface area contributed by atoms with E-state index in [4.69, 9.17) is 11.5 Å². The van der Waals surface area contributed by atoms with Crippen LogP contribution in [0.25, 0.3) is 0 Å². The van der Waals surface area contributed by atoms with Crippen molar-refractivity contribution in [2.24, 2.45) is 5.73 Å². The molecule has 13 heavy (non-hydrogen) atoms. The lowest BCUT2D eigenvalue weighted by Crippen LogP contribution is -2.25. The van der Waals surface area contributed by atoms with Gasteiger partial charge in [-0.25, -0.2) is 0 Å². The molecule has 1 aliphatic rings. The quantitative estimate of drug-likeness (QED) is 0.699. The first-order valence-corrected chi connectivity index (χ1v) is 5.31. The van der Waals surface area contributed by atoms with E-state index in [0.717, 1.165) is 24.5 Å². The lowest BCUT2D eigenvalue weighted by atomic mass is 10.0. The zero-order valence-electron chi connectivity index (χ0n) is 7.84. The molecule has 0 aliphatic carbocycles. The van der Waals surface area contributed by atoms with Gasteiger partial charge in [0, 0.05) is 30.1 Å². The summed E-state index contributed by atoms with van der Waals surface area (Å²) in [4.78, 5) is 3.73. The average Bonchev–Trinajstić information content (AvgIpc) is 2.39. The van der Waals surface area contributed by atoms with Crippen LogP contribution in [0.4, 0.5) is 5.00 Å². The number of rotatable bonds is 1. The van der Waals surface area contributed by atoms with E-state index < -0.39 is 0 Å². The van der Waals surface area contributed by atoms with Gasteiger partial charge in [0.1, 0.15) is 0 Å².